The highest BCUT2D eigenvalue weighted by molar-refractivity contribution is 7.91. The summed E-state index contributed by atoms with van der Waals surface area (Å²) >= 11 is 6.02. The number of nitrogens with zero attached hydrogens (tertiary/aromatic N) is 1. The molecule has 3 rings (SSSR count). The van der Waals surface area contributed by atoms with Crippen molar-refractivity contribution < 1.29 is 13.2 Å². The van der Waals surface area contributed by atoms with Crippen molar-refractivity contribution in [2.45, 2.75) is 19.4 Å². The first kappa shape index (κ1) is 17.7. The minimum atomic E-state index is -3.04. The number of hydrogen-bond donors (Lipinski definition) is 2. The zero-order valence-corrected chi connectivity index (χ0v) is 15.2. The van der Waals surface area contributed by atoms with Crippen molar-refractivity contribution in [3.05, 3.63) is 52.8 Å². The molecular formula is C17H18ClN3O3S. The van der Waals surface area contributed by atoms with Gasteiger partial charge in [0.1, 0.15) is 5.69 Å². The van der Waals surface area contributed by atoms with E-state index in [9.17, 15) is 13.2 Å². The average Bonchev–Trinajstić information content (AvgIpc) is 2.90. The van der Waals surface area contributed by atoms with Crippen LogP contribution < -0.4 is 10.6 Å². The lowest BCUT2D eigenvalue weighted by Gasteiger charge is -2.13. The van der Waals surface area contributed by atoms with Crippen LogP contribution in [-0.4, -0.2) is 36.9 Å². The molecule has 0 saturated carbocycles. The van der Waals surface area contributed by atoms with Gasteiger partial charge in [0.05, 0.1) is 11.5 Å². The summed E-state index contributed by atoms with van der Waals surface area (Å²) in [5, 5.41) is 6.56. The van der Waals surface area contributed by atoms with E-state index in [0.717, 1.165) is 11.3 Å². The number of carbonyl (C=O) groups excluding carboxylic acids is 1. The summed E-state index contributed by atoms with van der Waals surface area (Å²) in [5.74, 6) is -0.284. The SMILES string of the molecule is Cc1ccc(Cl)cc1Nc1ccnc(C(=O)NC2CCS(=O)(=O)C2)c1. The number of sulfone groups is 1. The maximum absolute atomic E-state index is 12.3. The summed E-state index contributed by atoms with van der Waals surface area (Å²) in [6.45, 7) is 1.95. The van der Waals surface area contributed by atoms with Crippen LogP contribution in [0.25, 0.3) is 0 Å². The van der Waals surface area contributed by atoms with Crippen molar-refractivity contribution in [1.82, 2.24) is 10.3 Å². The lowest BCUT2D eigenvalue weighted by atomic mass is 10.2. The maximum Gasteiger partial charge on any atom is 0.270 e. The van der Waals surface area contributed by atoms with E-state index in [0.29, 0.717) is 17.1 Å². The van der Waals surface area contributed by atoms with E-state index in [-0.39, 0.29) is 29.1 Å². The number of rotatable bonds is 4. The molecule has 132 valence electrons. The van der Waals surface area contributed by atoms with Crippen LogP contribution in [0.2, 0.25) is 5.02 Å². The monoisotopic (exact) mass is 379 g/mol. The summed E-state index contributed by atoms with van der Waals surface area (Å²) < 4.78 is 23.0. The summed E-state index contributed by atoms with van der Waals surface area (Å²) in [5.41, 5.74) is 2.79. The molecule has 8 heteroatoms. The second kappa shape index (κ2) is 7.01. The van der Waals surface area contributed by atoms with Crippen molar-refractivity contribution in [1.29, 1.82) is 0 Å². The van der Waals surface area contributed by atoms with E-state index in [1.54, 1.807) is 18.2 Å². The normalized spacial score (nSPS) is 18.7. The van der Waals surface area contributed by atoms with Gasteiger partial charge < -0.3 is 10.6 Å². The third kappa shape index (κ3) is 4.49. The van der Waals surface area contributed by atoms with Gasteiger partial charge in [-0.15, -0.1) is 0 Å². The van der Waals surface area contributed by atoms with E-state index in [1.165, 1.54) is 6.20 Å². The van der Waals surface area contributed by atoms with Gasteiger partial charge in [-0.25, -0.2) is 8.42 Å². The summed E-state index contributed by atoms with van der Waals surface area (Å²) in [7, 11) is -3.04. The van der Waals surface area contributed by atoms with Crippen LogP contribution >= 0.6 is 11.6 Å². The molecule has 1 fully saturated rings. The first-order valence-electron chi connectivity index (χ1n) is 7.83. The van der Waals surface area contributed by atoms with Gasteiger partial charge in [0.15, 0.2) is 9.84 Å². The summed E-state index contributed by atoms with van der Waals surface area (Å²) in [6.07, 6.45) is 1.97. The fourth-order valence-corrected chi connectivity index (χ4v) is 4.53. The highest BCUT2D eigenvalue weighted by Crippen LogP contribution is 2.24. The number of amides is 1. The van der Waals surface area contributed by atoms with Crippen LogP contribution in [0.5, 0.6) is 0 Å². The second-order valence-electron chi connectivity index (χ2n) is 6.09. The number of anilines is 2. The molecule has 6 nitrogen and oxygen atoms in total. The molecule has 1 atom stereocenters. The van der Waals surface area contributed by atoms with Gasteiger partial charge in [-0.2, -0.15) is 0 Å². The van der Waals surface area contributed by atoms with Crippen LogP contribution in [0.1, 0.15) is 22.5 Å². The van der Waals surface area contributed by atoms with Gasteiger partial charge >= 0.3 is 0 Å². The zero-order valence-electron chi connectivity index (χ0n) is 13.6. The molecule has 1 aliphatic rings. The van der Waals surface area contributed by atoms with Crippen molar-refractivity contribution in [3.8, 4) is 0 Å². The Morgan fingerprint density at radius 3 is 2.80 bits per heavy atom. The van der Waals surface area contributed by atoms with Gasteiger partial charge in [-0.3, -0.25) is 9.78 Å². The molecule has 0 aliphatic carbocycles. The first-order valence-corrected chi connectivity index (χ1v) is 10.0. The lowest BCUT2D eigenvalue weighted by Crippen LogP contribution is -2.36. The van der Waals surface area contributed by atoms with Gasteiger partial charge in [-0.05, 0) is 43.2 Å². The van der Waals surface area contributed by atoms with Gasteiger partial charge in [0.25, 0.3) is 5.91 Å². The first-order chi connectivity index (χ1) is 11.8. The standard InChI is InChI=1S/C17H18ClN3O3S/c1-11-2-3-12(18)8-15(11)20-13-4-6-19-16(9-13)17(22)21-14-5-7-25(23,24)10-14/h2-4,6,8-9,14H,5,7,10H2,1H3,(H,19,20)(H,21,22). The molecule has 2 N–H and O–H groups in total. The molecule has 1 aromatic carbocycles. The quantitative estimate of drug-likeness (QED) is 0.852. The molecule has 1 aromatic heterocycles. The van der Waals surface area contributed by atoms with Crippen molar-refractivity contribution >= 4 is 38.7 Å². The fourth-order valence-electron chi connectivity index (χ4n) is 2.69. The van der Waals surface area contributed by atoms with Crippen molar-refractivity contribution in [2.75, 3.05) is 16.8 Å². The molecule has 0 radical (unpaired) electrons. The van der Waals surface area contributed by atoms with Gasteiger partial charge in [-0.1, -0.05) is 17.7 Å². The minimum Gasteiger partial charge on any atom is -0.355 e. The molecule has 2 aromatic rings. The molecule has 0 spiro atoms. The number of hydrogen-bond acceptors (Lipinski definition) is 5. The molecule has 1 aliphatic heterocycles. The minimum absolute atomic E-state index is 0.0155. The smallest absolute Gasteiger partial charge is 0.270 e. The third-order valence-electron chi connectivity index (χ3n) is 4.04. The number of nitrogens with one attached hydrogen (secondary N) is 2. The fraction of sp³-hybridized carbons (Fsp3) is 0.294. The van der Waals surface area contributed by atoms with Gasteiger partial charge in [0.2, 0.25) is 0 Å². The number of aromatic nitrogens is 1. The number of aryl methyl sites for hydroxylation is 1. The number of carbonyl (C=O) groups is 1. The summed E-state index contributed by atoms with van der Waals surface area (Å²) in [4.78, 5) is 16.4. The highest BCUT2D eigenvalue weighted by atomic mass is 35.5. The molecule has 25 heavy (non-hydrogen) atoms. The van der Waals surface area contributed by atoms with E-state index in [4.69, 9.17) is 11.6 Å². The van der Waals surface area contributed by atoms with E-state index in [2.05, 4.69) is 15.6 Å². The Hall–Kier alpha value is -2.12. The topological polar surface area (TPSA) is 88.2 Å². The number of benzene rings is 1. The van der Waals surface area contributed by atoms with Crippen LogP contribution in [0, 0.1) is 6.92 Å². The molecular weight excluding hydrogens is 362 g/mol. The third-order valence-corrected chi connectivity index (χ3v) is 6.04. The van der Waals surface area contributed by atoms with Gasteiger partial charge in [0, 0.05) is 28.6 Å². The Bertz CT molecular complexity index is 915. The van der Waals surface area contributed by atoms with Crippen LogP contribution in [0.4, 0.5) is 11.4 Å². The van der Waals surface area contributed by atoms with Crippen LogP contribution in [-0.2, 0) is 9.84 Å². The van der Waals surface area contributed by atoms with Crippen molar-refractivity contribution in [3.63, 3.8) is 0 Å². The largest absolute Gasteiger partial charge is 0.355 e. The predicted octanol–water partition coefficient (Wildman–Crippen LogP) is 2.70. The van der Waals surface area contributed by atoms with E-state index < -0.39 is 9.84 Å². The maximum atomic E-state index is 12.3. The zero-order chi connectivity index (χ0) is 18.0. The Labute approximate surface area is 151 Å². The van der Waals surface area contributed by atoms with Crippen LogP contribution in [0.3, 0.4) is 0 Å². The van der Waals surface area contributed by atoms with E-state index in [1.807, 2.05) is 19.1 Å². The average molecular weight is 380 g/mol. The predicted molar refractivity (Wildman–Crippen MR) is 98.2 cm³/mol. The molecule has 1 unspecified atom stereocenters. The Morgan fingerprint density at radius 1 is 1.28 bits per heavy atom. The lowest BCUT2D eigenvalue weighted by molar-refractivity contribution is 0.0936. The Morgan fingerprint density at radius 2 is 2.08 bits per heavy atom. The number of halogens is 1. The molecule has 0 bridgehead atoms. The molecule has 1 amide bonds. The van der Waals surface area contributed by atoms with E-state index >= 15 is 0 Å². The Kier molecular flexibility index (Phi) is 4.96. The molecule has 2 heterocycles. The molecule has 1 saturated heterocycles. The second-order valence-corrected chi connectivity index (χ2v) is 8.75. The highest BCUT2D eigenvalue weighted by Gasteiger charge is 2.29. The van der Waals surface area contributed by atoms with Crippen molar-refractivity contribution in [2.24, 2.45) is 0 Å². The van der Waals surface area contributed by atoms with Crippen LogP contribution in [0.15, 0.2) is 36.5 Å². The number of pyridine rings is 1. The summed E-state index contributed by atoms with van der Waals surface area (Å²) in [6, 6.07) is 8.53. The Balaban J connectivity index is 1.73.